The summed E-state index contributed by atoms with van der Waals surface area (Å²) in [7, 11) is -2.21. The molecule has 140 valence electrons. The summed E-state index contributed by atoms with van der Waals surface area (Å²) in [6, 6.07) is 11.2. The third kappa shape index (κ3) is 4.32. The van der Waals surface area contributed by atoms with Crippen molar-refractivity contribution in [2.45, 2.75) is 30.3 Å². The van der Waals surface area contributed by atoms with Gasteiger partial charge in [0, 0.05) is 38.9 Å². The van der Waals surface area contributed by atoms with Gasteiger partial charge in [0.05, 0.1) is 0 Å². The number of benzene rings is 1. The highest BCUT2D eigenvalue weighted by molar-refractivity contribution is 7.89. The van der Waals surface area contributed by atoms with E-state index in [4.69, 9.17) is 5.11 Å². The molecule has 0 atom stereocenters. The zero-order valence-corrected chi connectivity index (χ0v) is 15.4. The number of nitrogens with one attached hydrogen (secondary N) is 1. The highest BCUT2D eigenvalue weighted by Gasteiger charge is 2.26. The van der Waals surface area contributed by atoms with Crippen molar-refractivity contribution in [3.63, 3.8) is 0 Å². The molecule has 3 rings (SSSR count). The number of carboxylic acid groups (broad SMARTS) is 1. The lowest BCUT2D eigenvalue weighted by Gasteiger charge is -2.32. The molecule has 0 amide bonds. The Labute approximate surface area is 153 Å². The van der Waals surface area contributed by atoms with Crippen molar-refractivity contribution < 1.29 is 18.3 Å². The lowest BCUT2D eigenvalue weighted by molar-refractivity contribution is 0.0686. The van der Waals surface area contributed by atoms with Crippen LogP contribution in [0, 0.1) is 0 Å². The summed E-state index contributed by atoms with van der Waals surface area (Å²) >= 11 is 0. The van der Waals surface area contributed by atoms with Crippen LogP contribution in [0.3, 0.4) is 0 Å². The van der Waals surface area contributed by atoms with Gasteiger partial charge in [-0.05, 0) is 24.5 Å². The Kier molecular flexibility index (Phi) is 5.45. The summed E-state index contributed by atoms with van der Waals surface area (Å²) in [6.45, 7) is 2.50. The van der Waals surface area contributed by atoms with Gasteiger partial charge in [-0.3, -0.25) is 4.90 Å². The fourth-order valence-corrected chi connectivity index (χ4v) is 4.61. The largest absolute Gasteiger partial charge is 0.477 e. The van der Waals surface area contributed by atoms with Crippen molar-refractivity contribution in [1.29, 1.82) is 0 Å². The zero-order valence-electron chi connectivity index (χ0n) is 14.6. The molecular weight excluding hydrogens is 354 g/mol. The Bertz CT molecular complexity index is 869. The minimum atomic E-state index is -3.72. The van der Waals surface area contributed by atoms with Crippen LogP contribution in [0.1, 0.15) is 28.9 Å². The van der Waals surface area contributed by atoms with E-state index >= 15 is 0 Å². The first-order chi connectivity index (χ1) is 12.3. The van der Waals surface area contributed by atoms with Gasteiger partial charge in [0.25, 0.3) is 0 Å². The lowest BCUT2D eigenvalue weighted by atomic mass is 10.1. The first-order valence-corrected chi connectivity index (χ1v) is 10.0. The number of rotatable bonds is 6. The first-order valence-electron chi connectivity index (χ1n) is 8.53. The van der Waals surface area contributed by atoms with Crippen LogP contribution in [-0.4, -0.2) is 48.1 Å². The van der Waals surface area contributed by atoms with Crippen LogP contribution in [-0.2, 0) is 23.6 Å². The Balaban J connectivity index is 1.58. The SMILES string of the molecule is Cn1cc(S(=O)(=O)NC2CCN(Cc3ccccc3)CC2)cc1C(=O)O. The van der Waals surface area contributed by atoms with E-state index in [1.165, 1.54) is 29.4 Å². The van der Waals surface area contributed by atoms with E-state index in [9.17, 15) is 13.2 Å². The standard InChI is InChI=1S/C18H23N3O4S/c1-20-13-16(11-17(20)18(22)23)26(24,25)19-15-7-9-21(10-8-15)12-14-5-3-2-4-6-14/h2-6,11,13,15,19H,7-10,12H2,1H3,(H,22,23). The fourth-order valence-electron chi connectivity index (χ4n) is 3.23. The summed E-state index contributed by atoms with van der Waals surface area (Å²) in [4.78, 5) is 13.4. The van der Waals surface area contributed by atoms with Crippen LogP contribution in [0.25, 0.3) is 0 Å². The summed E-state index contributed by atoms with van der Waals surface area (Å²) in [6.07, 6.45) is 2.78. The average molecular weight is 377 g/mol. The molecule has 0 radical (unpaired) electrons. The number of hydrogen-bond donors (Lipinski definition) is 2. The second kappa shape index (κ2) is 7.61. The number of carbonyl (C=O) groups is 1. The Morgan fingerprint density at radius 2 is 1.88 bits per heavy atom. The number of sulfonamides is 1. The molecule has 0 aliphatic carbocycles. The molecule has 1 aliphatic heterocycles. The molecule has 8 heteroatoms. The van der Waals surface area contributed by atoms with Crippen LogP contribution in [0.15, 0.2) is 47.5 Å². The van der Waals surface area contributed by atoms with E-state index in [-0.39, 0.29) is 16.6 Å². The molecule has 0 saturated carbocycles. The Morgan fingerprint density at radius 3 is 2.46 bits per heavy atom. The molecular formula is C18H23N3O4S. The Morgan fingerprint density at radius 1 is 1.23 bits per heavy atom. The van der Waals surface area contributed by atoms with Gasteiger partial charge in [0.2, 0.25) is 10.0 Å². The average Bonchev–Trinajstić information content (AvgIpc) is 3.00. The van der Waals surface area contributed by atoms with Crippen LogP contribution in [0.4, 0.5) is 0 Å². The van der Waals surface area contributed by atoms with Gasteiger partial charge in [-0.15, -0.1) is 0 Å². The van der Waals surface area contributed by atoms with Gasteiger partial charge in [-0.1, -0.05) is 30.3 Å². The summed E-state index contributed by atoms with van der Waals surface area (Å²) in [5.41, 5.74) is 1.19. The van der Waals surface area contributed by atoms with Gasteiger partial charge in [0.15, 0.2) is 0 Å². The molecule has 1 aliphatic rings. The smallest absolute Gasteiger partial charge is 0.352 e. The molecule has 1 aromatic carbocycles. The zero-order chi connectivity index (χ0) is 18.7. The second-order valence-electron chi connectivity index (χ2n) is 6.63. The molecule has 0 spiro atoms. The minimum Gasteiger partial charge on any atom is -0.477 e. The molecule has 0 bridgehead atoms. The quantitative estimate of drug-likeness (QED) is 0.799. The van der Waals surface area contributed by atoms with Crippen LogP contribution >= 0.6 is 0 Å². The van der Waals surface area contributed by atoms with Gasteiger partial charge in [0.1, 0.15) is 10.6 Å². The van der Waals surface area contributed by atoms with Crippen LogP contribution in [0.2, 0.25) is 0 Å². The number of likely N-dealkylation sites (tertiary alicyclic amines) is 1. The van der Waals surface area contributed by atoms with E-state index < -0.39 is 16.0 Å². The highest BCUT2D eigenvalue weighted by atomic mass is 32.2. The summed E-state index contributed by atoms with van der Waals surface area (Å²) < 4.78 is 29.1. The van der Waals surface area contributed by atoms with Crippen molar-refractivity contribution >= 4 is 16.0 Å². The number of hydrogen-bond acceptors (Lipinski definition) is 4. The molecule has 1 saturated heterocycles. The van der Waals surface area contributed by atoms with Gasteiger partial charge < -0.3 is 9.67 Å². The normalized spacial score (nSPS) is 16.7. The van der Waals surface area contributed by atoms with E-state index in [1.807, 2.05) is 18.2 Å². The molecule has 1 aromatic heterocycles. The number of aromatic carboxylic acids is 1. The summed E-state index contributed by atoms with van der Waals surface area (Å²) in [5.74, 6) is -1.15. The molecule has 1 fully saturated rings. The van der Waals surface area contributed by atoms with Crippen molar-refractivity contribution in [2.75, 3.05) is 13.1 Å². The lowest BCUT2D eigenvalue weighted by Crippen LogP contribution is -2.44. The predicted molar refractivity (Wildman–Crippen MR) is 97.4 cm³/mol. The fraction of sp³-hybridized carbons (Fsp3) is 0.389. The maximum absolute atomic E-state index is 12.5. The monoisotopic (exact) mass is 377 g/mol. The maximum atomic E-state index is 12.5. The summed E-state index contributed by atoms with van der Waals surface area (Å²) in [5, 5.41) is 9.07. The number of nitrogens with zero attached hydrogens (tertiary/aromatic N) is 2. The maximum Gasteiger partial charge on any atom is 0.352 e. The van der Waals surface area contributed by atoms with Gasteiger partial charge in [-0.25, -0.2) is 17.9 Å². The van der Waals surface area contributed by atoms with E-state index in [2.05, 4.69) is 21.8 Å². The van der Waals surface area contributed by atoms with Crippen molar-refractivity contribution in [3.8, 4) is 0 Å². The number of piperidine rings is 1. The van der Waals surface area contributed by atoms with Crippen LogP contribution in [0.5, 0.6) is 0 Å². The topological polar surface area (TPSA) is 91.6 Å². The number of carboxylic acids is 1. The Hall–Kier alpha value is -2.16. The molecule has 26 heavy (non-hydrogen) atoms. The predicted octanol–water partition coefficient (Wildman–Crippen LogP) is 1.67. The molecule has 7 nitrogen and oxygen atoms in total. The van der Waals surface area contributed by atoms with Crippen molar-refractivity contribution in [2.24, 2.45) is 7.05 Å². The van der Waals surface area contributed by atoms with E-state index in [0.717, 1.165) is 32.5 Å². The third-order valence-corrected chi connectivity index (χ3v) is 6.16. The first kappa shape index (κ1) is 18.6. The van der Waals surface area contributed by atoms with Gasteiger partial charge >= 0.3 is 5.97 Å². The minimum absolute atomic E-state index is 0.0101. The highest BCUT2D eigenvalue weighted by Crippen LogP contribution is 2.18. The molecule has 2 N–H and O–H groups in total. The molecule has 2 heterocycles. The van der Waals surface area contributed by atoms with Crippen molar-refractivity contribution in [1.82, 2.24) is 14.2 Å². The van der Waals surface area contributed by atoms with E-state index in [0.29, 0.717) is 0 Å². The third-order valence-electron chi connectivity index (χ3n) is 4.67. The van der Waals surface area contributed by atoms with Crippen LogP contribution < -0.4 is 4.72 Å². The number of aryl methyl sites for hydroxylation is 1. The second-order valence-corrected chi connectivity index (χ2v) is 8.35. The van der Waals surface area contributed by atoms with Gasteiger partial charge in [-0.2, -0.15) is 0 Å². The molecule has 0 unspecified atom stereocenters. The van der Waals surface area contributed by atoms with E-state index in [1.54, 1.807) is 0 Å². The number of aromatic nitrogens is 1. The molecule has 2 aromatic rings. The van der Waals surface area contributed by atoms with Crippen molar-refractivity contribution in [3.05, 3.63) is 53.9 Å².